The molecule has 4 heteroatoms. The van der Waals surface area contributed by atoms with Crippen LogP contribution in [-0.4, -0.2) is 20.1 Å². The van der Waals surface area contributed by atoms with Crippen molar-refractivity contribution in [2.45, 2.75) is 6.92 Å². The third kappa shape index (κ3) is 7.00. The van der Waals surface area contributed by atoms with E-state index in [0.717, 1.165) is 17.6 Å². The molecule has 0 radical (unpaired) electrons. The van der Waals surface area contributed by atoms with Gasteiger partial charge in [-0.1, -0.05) is 12.2 Å². The van der Waals surface area contributed by atoms with E-state index < -0.39 is 0 Å². The molecular weight excluding hydrogens is 226 g/mol. The molecule has 18 heavy (non-hydrogen) atoms. The summed E-state index contributed by atoms with van der Waals surface area (Å²) < 4.78 is 0. The highest BCUT2D eigenvalue weighted by atomic mass is 16.1. The van der Waals surface area contributed by atoms with Crippen LogP contribution in [0.1, 0.15) is 6.92 Å². The van der Waals surface area contributed by atoms with Crippen molar-refractivity contribution in [3.8, 4) is 0 Å². The quantitative estimate of drug-likeness (QED) is 0.298. The Morgan fingerprint density at radius 3 is 2.61 bits per heavy atom. The molecule has 0 saturated carbocycles. The number of hydrogen-bond acceptors (Lipinski definition) is 4. The minimum atomic E-state index is 0.746. The minimum absolute atomic E-state index is 0.746. The van der Waals surface area contributed by atoms with E-state index in [1.807, 2.05) is 25.2 Å². The van der Waals surface area contributed by atoms with Crippen LogP contribution in [0.15, 0.2) is 65.2 Å². The lowest BCUT2D eigenvalue weighted by atomic mass is 10.1. The van der Waals surface area contributed by atoms with E-state index in [-0.39, 0.29) is 0 Å². The zero-order chi connectivity index (χ0) is 13.6. The predicted octanol–water partition coefficient (Wildman–Crippen LogP) is 2.07. The Kier molecular flexibility index (Phi) is 9.68. The first-order valence-corrected chi connectivity index (χ1v) is 5.50. The number of nitrogens with one attached hydrogen (secondary N) is 2. The lowest BCUT2D eigenvalue weighted by Crippen LogP contribution is -2.07. The van der Waals surface area contributed by atoms with Gasteiger partial charge in [0, 0.05) is 30.7 Å². The molecular formula is C14H19N3O. The Bertz CT molecular complexity index is 401. The van der Waals surface area contributed by atoms with E-state index in [2.05, 4.69) is 22.3 Å². The van der Waals surface area contributed by atoms with Crippen molar-refractivity contribution in [1.29, 1.82) is 0 Å². The van der Waals surface area contributed by atoms with Gasteiger partial charge in [-0.25, -0.2) is 0 Å². The number of aldehydes is 1. The summed E-state index contributed by atoms with van der Waals surface area (Å²) in [6.07, 6.45) is 14.6. The molecule has 4 nitrogen and oxygen atoms in total. The van der Waals surface area contributed by atoms with Gasteiger partial charge < -0.3 is 10.6 Å². The van der Waals surface area contributed by atoms with Crippen molar-refractivity contribution in [3.63, 3.8) is 0 Å². The second-order valence-electron chi connectivity index (χ2n) is 3.13. The van der Waals surface area contributed by atoms with Gasteiger partial charge in [0.05, 0.1) is 0 Å². The minimum Gasteiger partial charge on any atom is -0.394 e. The van der Waals surface area contributed by atoms with E-state index in [1.165, 1.54) is 12.3 Å². The fourth-order valence-corrected chi connectivity index (χ4v) is 1.08. The topological polar surface area (TPSA) is 53.5 Å². The third-order valence-corrected chi connectivity index (χ3v) is 1.86. The summed E-state index contributed by atoms with van der Waals surface area (Å²) in [5, 5.41) is 5.92. The summed E-state index contributed by atoms with van der Waals surface area (Å²) in [6.45, 7) is 5.26. The molecule has 0 aromatic rings. The maximum absolute atomic E-state index is 10.6. The molecule has 0 aliphatic heterocycles. The first kappa shape index (κ1) is 15.6. The molecule has 96 valence electrons. The zero-order valence-corrected chi connectivity index (χ0v) is 10.8. The summed E-state index contributed by atoms with van der Waals surface area (Å²) in [5.41, 5.74) is 1.54. The summed E-state index contributed by atoms with van der Waals surface area (Å²) in [7, 11) is 1.79. The van der Waals surface area contributed by atoms with Gasteiger partial charge in [-0.2, -0.15) is 0 Å². The molecule has 0 bridgehead atoms. The highest BCUT2D eigenvalue weighted by molar-refractivity contribution is 5.69. The van der Waals surface area contributed by atoms with Crippen molar-refractivity contribution in [2.24, 2.45) is 4.99 Å². The Morgan fingerprint density at radius 2 is 2.06 bits per heavy atom. The summed E-state index contributed by atoms with van der Waals surface area (Å²) in [4.78, 5) is 14.2. The molecule has 0 amide bonds. The monoisotopic (exact) mass is 245 g/mol. The number of carbonyl (C=O) groups excluding carboxylic acids is 1. The van der Waals surface area contributed by atoms with Crippen LogP contribution in [0.25, 0.3) is 0 Å². The molecule has 0 spiro atoms. The zero-order valence-electron chi connectivity index (χ0n) is 10.8. The number of rotatable bonds is 8. The van der Waals surface area contributed by atoms with Gasteiger partial charge in [-0.3, -0.25) is 9.79 Å². The van der Waals surface area contributed by atoms with Gasteiger partial charge in [0.25, 0.3) is 0 Å². The van der Waals surface area contributed by atoms with Crippen LogP contribution in [0, 0.1) is 0 Å². The molecule has 0 aliphatic carbocycles. The lowest BCUT2D eigenvalue weighted by Gasteiger charge is -2.07. The average Bonchev–Trinajstić information content (AvgIpc) is 2.39. The SMILES string of the molecule is C=N/C=C\NC(=C\C=C/C)/C(/C=C\NC)=C/C=O. The van der Waals surface area contributed by atoms with Crippen LogP contribution in [-0.2, 0) is 4.79 Å². The van der Waals surface area contributed by atoms with Crippen LogP contribution in [0.4, 0.5) is 0 Å². The third-order valence-electron chi connectivity index (χ3n) is 1.86. The number of carbonyl (C=O) groups is 1. The number of nitrogens with zero attached hydrogens (tertiary/aromatic N) is 1. The van der Waals surface area contributed by atoms with Crippen LogP contribution in [0.2, 0.25) is 0 Å². The summed E-state index contributed by atoms with van der Waals surface area (Å²) in [6, 6.07) is 0. The van der Waals surface area contributed by atoms with Gasteiger partial charge in [0.2, 0.25) is 0 Å². The number of aliphatic imine (C=N–C) groups is 1. The summed E-state index contributed by atoms with van der Waals surface area (Å²) in [5.74, 6) is 0. The standard InChI is InChI=1S/C14H19N3O/c1-4-5-6-14(17-11-10-16-3)13(8-12-18)7-9-15-2/h4-12,15,17H,3H2,1-2H3/b5-4-,9-7-,11-10-,13-8+,14-6-. The second-order valence-corrected chi connectivity index (χ2v) is 3.13. The maximum Gasteiger partial charge on any atom is 0.143 e. The molecule has 0 heterocycles. The van der Waals surface area contributed by atoms with Crippen LogP contribution >= 0.6 is 0 Å². The van der Waals surface area contributed by atoms with Crippen LogP contribution in [0.5, 0.6) is 0 Å². The Hall–Kier alpha value is -2.36. The van der Waals surface area contributed by atoms with Crippen molar-refractivity contribution in [2.75, 3.05) is 7.05 Å². The molecule has 2 N–H and O–H groups in total. The van der Waals surface area contributed by atoms with Crippen molar-refractivity contribution >= 4 is 13.0 Å². The molecule has 0 aromatic carbocycles. The first-order chi connectivity index (χ1) is 8.79. The van der Waals surface area contributed by atoms with Gasteiger partial charge >= 0.3 is 0 Å². The largest absolute Gasteiger partial charge is 0.394 e. The van der Waals surface area contributed by atoms with Crippen molar-refractivity contribution < 1.29 is 4.79 Å². The average molecular weight is 245 g/mol. The van der Waals surface area contributed by atoms with Gasteiger partial charge in [-0.15, -0.1) is 0 Å². The van der Waals surface area contributed by atoms with Crippen molar-refractivity contribution in [1.82, 2.24) is 10.6 Å². The number of allylic oxidation sites excluding steroid dienone is 5. The normalized spacial score (nSPS) is 13.4. The highest BCUT2D eigenvalue weighted by Gasteiger charge is 1.98. The van der Waals surface area contributed by atoms with Crippen LogP contribution in [0.3, 0.4) is 0 Å². The summed E-state index contributed by atoms with van der Waals surface area (Å²) >= 11 is 0. The van der Waals surface area contributed by atoms with Crippen molar-refractivity contribution in [3.05, 3.63) is 60.3 Å². The molecule has 0 unspecified atom stereocenters. The van der Waals surface area contributed by atoms with Crippen LogP contribution < -0.4 is 10.6 Å². The Balaban J connectivity index is 5.16. The van der Waals surface area contributed by atoms with E-state index in [1.54, 1.807) is 25.5 Å². The molecule has 0 aliphatic rings. The number of hydrogen-bond donors (Lipinski definition) is 2. The maximum atomic E-state index is 10.6. The molecule has 0 saturated heterocycles. The fraction of sp³-hybridized carbons (Fsp3) is 0.143. The van der Waals surface area contributed by atoms with E-state index >= 15 is 0 Å². The highest BCUT2D eigenvalue weighted by Crippen LogP contribution is 2.08. The molecule has 0 atom stereocenters. The predicted molar refractivity (Wildman–Crippen MR) is 77.1 cm³/mol. The van der Waals surface area contributed by atoms with Gasteiger partial charge in [0.15, 0.2) is 0 Å². The first-order valence-electron chi connectivity index (χ1n) is 5.50. The van der Waals surface area contributed by atoms with E-state index in [4.69, 9.17) is 0 Å². The second kappa shape index (κ2) is 11.1. The van der Waals surface area contributed by atoms with Gasteiger partial charge in [0.1, 0.15) is 6.29 Å². The van der Waals surface area contributed by atoms with E-state index in [9.17, 15) is 4.79 Å². The van der Waals surface area contributed by atoms with E-state index in [0.29, 0.717) is 0 Å². The lowest BCUT2D eigenvalue weighted by molar-refractivity contribution is -0.104. The Labute approximate surface area is 108 Å². The smallest absolute Gasteiger partial charge is 0.143 e. The Morgan fingerprint density at radius 1 is 1.28 bits per heavy atom. The molecule has 0 rings (SSSR count). The fourth-order valence-electron chi connectivity index (χ4n) is 1.08. The molecule has 0 aromatic heterocycles. The van der Waals surface area contributed by atoms with Gasteiger partial charge in [-0.05, 0) is 38.1 Å². The molecule has 0 fully saturated rings.